The van der Waals surface area contributed by atoms with Crippen molar-refractivity contribution >= 4 is 23.5 Å². The van der Waals surface area contributed by atoms with Gasteiger partial charge in [-0.05, 0) is 55.6 Å². The zero-order valence-corrected chi connectivity index (χ0v) is 19.1. The fraction of sp³-hybridized carbons (Fsp3) is 0.458. The minimum Gasteiger partial charge on any atom is -0.473 e. The summed E-state index contributed by atoms with van der Waals surface area (Å²) in [6.07, 6.45) is 5.47. The van der Waals surface area contributed by atoms with Crippen molar-refractivity contribution in [2.45, 2.75) is 45.1 Å². The van der Waals surface area contributed by atoms with Gasteiger partial charge >= 0.3 is 11.9 Å². The summed E-state index contributed by atoms with van der Waals surface area (Å²) < 4.78 is 5.66. The Morgan fingerprint density at radius 3 is 2.24 bits per heavy atom. The first-order chi connectivity index (χ1) is 15.8. The van der Waals surface area contributed by atoms with E-state index in [-0.39, 0.29) is 18.5 Å². The maximum Gasteiger partial charge on any atom is 0.414 e. The molecule has 33 heavy (non-hydrogen) atoms. The summed E-state index contributed by atoms with van der Waals surface area (Å²) >= 11 is 0. The number of carbonyl (C=O) groups excluding carboxylic acids is 1. The number of likely N-dealkylation sites (tertiary alicyclic amines) is 1. The standard InChI is InChI=1S/C22H31N3O2.C2H2O4/c1-17(2)18-9-4-5-10-19(18)24-22(26)16-23-15-20(21-11-8-14-27-21)25-12-6-3-7-13-25;3-1(4)2(5)6/h4-5,8-11,14,17,20,23H,3,6-7,12-13,15-16H2,1-2H3,(H,24,26);(H,3,4)(H,5,6). The summed E-state index contributed by atoms with van der Waals surface area (Å²) in [6.45, 7) is 7.43. The van der Waals surface area contributed by atoms with Gasteiger partial charge in [-0.15, -0.1) is 0 Å². The highest BCUT2D eigenvalue weighted by molar-refractivity contribution is 6.27. The zero-order chi connectivity index (χ0) is 24.2. The molecule has 1 atom stereocenters. The van der Waals surface area contributed by atoms with E-state index in [9.17, 15) is 4.79 Å². The van der Waals surface area contributed by atoms with Crippen molar-refractivity contribution in [3.8, 4) is 0 Å². The molecule has 0 spiro atoms. The highest BCUT2D eigenvalue weighted by Crippen LogP contribution is 2.25. The smallest absolute Gasteiger partial charge is 0.414 e. The van der Waals surface area contributed by atoms with Crippen LogP contribution in [0.15, 0.2) is 47.1 Å². The molecule has 2 aromatic rings. The summed E-state index contributed by atoms with van der Waals surface area (Å²) in [5.74, 6) is -2.32. The molecular weight excluding hydrogens is 426 g/mol. The molecule has 0 bridgehead atoms. The molecule has 0 saturated carbocycles. The van der Waals surface area contributed by atoms with Crippen LogP contribution in [0.3, 0.4) is 0 Å². The highest BCUT2D eigenvalue weighted by atomic mass is 16.4. The van der Waals surface area contributed by atoms with Crippen molar-refractivity contribution < 1.29 is 29.0 Å². The van der Waals surface area contributed by atoms with Crippen LogP contribution >= 0.6 is 0 Å². The van der Waals surface area contributed by atoms with E-state index in [1.807, 2.05) is 30.3 Å². The second-order valence-electron chi connectivity index (χ2n) is 8.16. The van der Waals surface area contributed by atoms with Crippen LogP contribution < -0.4 is 10.6 Å². The number of piperidine rings is 1. The highest BCUT2D eigenvalue weighted by Gasteiger charge is 2.24. The molecule has 4 N–H and O–H groups in total. The van der Waals surface area contributed by atoms with E-state index in [1.165, 1.54) is 19.3 Å². The van der Waals surface area contributed by atoms with Gasteiger partial charge < -0.3 is 25.3 Å². The lowest BCUT2D eigenvalue weighted by atomic mass is 10.0. The topological polar surface area (TPSA) is 132 Å². The first kappa shape index (κ1) is 26.1. The number of aliphatic carboxylic acids is 2. The number of benzene rings is 1. The Kier molecular flexibility index (Phi) is 10.6. The number of carboxylic acid groups (broad SMARTS) is 2. The van der Waals surface area contributed by atoms with Crippen LogP contribution in [0.4, 0.5) is 5.69 Å². The normalized spacial score (nSPS) is 14.8. The number of nitrogens with one attached hydrogen (secondary N) is 2. The van der Waals surface area contributed by atoms with Gasteiger partial charge in [-0.25, -0.2) is 9.59 Å². The Morgan fingerprint density at radius 2 is 1.67 bits per heavy atom. The van der Waals surface area contributed by atoms with Gasteiger partial charge in [0, 0.05) is 12.2 Å². The molecule has 9 heteroatoms. The van der Waals surface area contributed by atoms with E-state index in [1.54, 1.807) is 6.26 Å². The van der Waals surface area contributed by atoms with Crippen LogP contribution in [0.1, 0.15) is 56.4 Å². The minimum absolute atomic E-state index is 0.0139. The predicted octanol–water partition coefficient (Wildman–Crippen LogP) is 3.31. The third-order valence-corrected chi connectivity index (χ3v) is 5.37. The molecule has 9 nitrogen and oxygen atoms in total. The second-order valence-corrected chi connectivity index (χ2v) is 8.16. The summed E-state index contributed by atoms with van der Waals surface area (Å²) in [5, 5.41) is 21.1. The van der Waals surface area contributed by atoms with Gasteiger partial charge in [0.25, 0.3) is 0 Å². The molecule has 0 radical (unpaired) electrons. The number of rotatable bonds is 8. The minimum atomic E-state index is -1.82. The molecule has 1 aromatic heterocycles. The summed E-state index contributed by atoms with van der Waals surface area (Å²) in [4.78, 5) is 33.1. The number of para-hydroxylation sites is 1. The average Bonchev–Trinajstić information content (AvgIpc) is 3.32. The second kappa shape index (κ2) is 13.4. The first-order valence-electron chi connectivity index (χ1n) is 11.1. The van der Waals surface area contributed by atoms with Crippen LogP contribution in [0.25, 0.3) is 0 Å². The van der Waals surface area contributed by atoms with Crippen LogP contribution in [0, 0.1) is 0 Å². The lowest BCUT2D eigenvalue weighted by Gasteiger charge is -2.33. The molecular formula is C24H33N3O6. The first-order valence-corrected chi connectivity index (χ1v) is 11.1. The van der Waals surface area contributed by atoms with Gasteiger partial charge in [-0.1, -0.05) is 38.5 Å². The number of furan rings is 1. The van der Waals surface area contributed by atoms with Crippen molar-refractivity contribution in [2.75, 3.05) is 31.5 Å². The number of amides is 1. The van der Waals surface area contributed by atoms with Crippen LogP contribution in [0.5, 0.6) is 0 Å². The maximum atomic E-state index is 12.4. The van der Waals surface area contributed by atoms with E-state index >= 15 is 0 Å². The maximum absolute atomic E-state index is 12.4. The predicted molar refractivity (Wildman–Crippen MR) is 124 cm³/mol. The third kappa shape index (κ3) is 8.70. The van der Waals surface area contributed by atoms with Crippen molar-refractivity contribution in [3.05, 3.63) is 54.0 Å². The monoisotopic (exact) mass is 459 g/mol. The molecule has 180 valence electrons. The molecule has 1 saturated heterocycles. The number of anilines is 1. The van der Waals surface area contributed by atoms with Gasteiger partial charge in [0.15, 0.2) is 0 Å². The number of hydrogen-bond donors (Lipinski definition) is 4. The van der Waals surface area contributed by atoms with Crippen molar-refractivity contribution in [3.63, 3.8) is 0 Å². The molecule has 0 aliphatic carbocycles. The molecule has 2 heterocycles. The van der Waals surface area contributed by atoms with E-state index < -0.39 is 11.9 Å². The van der Waals surface area contributed by atoms with Gasteiger partial charge in [0.2, 0.25) is 5.91 Å². The van der Waals surface area contributed by atoms with E-state index in [0.717, 1.165) is 30.1 Å². The Bertz CT molecular complexity index is 879. The van der Waals surface area contributed by atoms with Crippen molar-refractivity contribution in [1.29, 1.82) is 0 Å². The van der Waals surface area contributed by atoms with Gasteiger partial charge in [0.05, 0.1) is 18.8 Å². The summed E-state index contributed by atoms with van der Waals surface area (Å²) in [5.41, 5.74) is 2.06. The molecule has 1 aromatic carbocycles. The largest absolute Gasteiger partial charge is 0.473 e. The number of nitrogens with zero attached hydrogens (tertiary/aromatic N) is 1. The molecule has 1 unspecified atom stereocenters. The lowest BCUT2D eigenvalue weighted by Crippen LogP contribution is -2.40. The molecule has 1 aliphatic heterocycles. The van der Waals surface area contributed by atoms with E-state index in [2.05, 4.69) is 35.4 Å². The Hall–Kier alpha value is -3.17. The molecule has 1 amide bonds. The molecule has 1 aliphatic rings. The van der Waals surface area contributed by atoms with E-state index in [0.29, 0.717) is 12.5 Å². The SMILES string of the molecule is CC(C)c1ccccc1NC(=O)CNCC(c1ccco1)N1CCCCC1.O=C(O)C(=O)O. The van der Waals surface area contributed by atoms with Gasteiger partial charge in [-0.2, -0.15) is 0 Å². The Morgan fingerprint density at radius 1 is 1.00 bits per heavy atom. The fourth-order valence-corrected chi connectivity index (χ4v) is 3.75. The van der Waals surface area contributed by atoms with Gasteiger partial charge in [0.1, 0.15) is 5.76 Å². The van der Waals surface area contributed by atoms with Crippen LogP contribution in [-0.4, -0.2) is 59.1 Å². The molecule has 1 fully saturated rings. The number of carboxylic acids is 2. The van der Waals surface area contributed by atoms with E-state index in [4.69, 9.17) is 24.2 Å². The van der Waals surface area contributed by atoms with Crippen molar-refractivity contribution in [1.82, 2.24) is 10.2 Å². The Labute approximate surface area is 193 Å². The number of carbonyl (C=O) groups is 3. The molecule has 3 rings (SSSR count). The lowest BCUT2D eigenvalue weighted by molar-refractivity contribution is -0.159. The summed E-state index contributed by atoms with van der Waals surface area (Å²) in [6, 6.07) is 12.1. The van der Waals surface area contributed by atoms with Gasteiger partial charge in [-0.3, -0.25) is 9.69 Å². The third-order valence-electron chi connectivity index (χ3n) is 5.37. The van der Waals surface area contributed by atoms with Crippen LogP contribution in [0.2, 0.25) is 0 Å². The van der Waals surface area contributed by atoms with Crippen molar-refractivity contribution in [2.24, 2.45) is 0 Å². The number of hydrogen-bond acceptors (Lipinski definition) is 6. The summed E-state index contributed by atoms with van der Waals surface area (Å²) in [7, 11) is 0. The Balaban J connectivity index is 0.000000569. The average molecular weight is 460 g/mol. The van der Waals surface area contributed by atoms with Crippen LogP contribution in [-0.2, 0) is 14.4 Å². The zero-order valence-electron chi connectivity index (χ0n) is 19.1. The quantitative estimate of drug-likeness (QED) is 0.442. The fourth-order valence-electron chi connectivity index (χ4n) is 3.75.